The van der Waals surface area contributed by atoms with Crippen molar-refractivity contribution in [2.45, 2.75) is 6.42 Å². The van der Waals surface area contributed by atoms with E-state index in [-0.39, 0.29) is 10.4 Å². The molecule has 0 radical (unpaired) electrons. The lowest BCUT2D eigenvalue weighted by Crippen LogP contribution is -2.37. The minimum atomic E-state index is -0.0501. The summed E-state index contributed by atoms with van der Waals surface area (Å²) in [6.07, 6.45) is 2.70. The number of aromatic amines is 1. The Morgan fingerprint density at radius 1 is 1.31 bits per heavy atom. The zero-order valence-electron chi connectivity index (χ0n) is 9.57. The van der Waals surface area contributed by atoms with E-state index in [9.17, 15) is 10.3 Å². The van der Waals surface area contributed by atoms with Crippen LogP contribution in [0.4, 0.5) is 0 Å². The molecule has 1 aromatic heterocycles. The summed E-state index contributed by atoms with van der Waals surface area (Å²) in [5.74, 6) is 0.270. The first kappa shape index (κ1) is 11.0. The molecule has 16 heavy (non-hydrogen) atoms. The van der Waals surface area contributed by atoms with Gasteiger partial charge in [-0.05, 0) is 23.8 Å². The van der Waals surface area contributed by atoms with Crippen LogP contribution in [0.1, 0.15) is 5.56 Å². The Morgan fingerprint density at radius 2 is 2.06 bits per heavy atom. The molecule has 0 saturated heterocycles. The van der Waals surface area contributed by atoms with E-state index in [0.717, 1.165) is 22.9 Å². The Bertz CT molecular complexity index is 497. The molecule has 2 rings (SSSR count). The summed E-state index contributed by atoms with van der Waals surface area (Å²) >= 11 is 0. The summed E-state index contributed by atoms with van der Waals surface area (Å²) in [5, 5.41) is 20.1. The minimum absolute atomic E-state index is 0.0501. The van der Waals surface area contributed by atoms with Crippen molar-refractivity contribution in [3.05, 3.63) is 30.0 Å². The van der Waals surface area contributed by atoms with Gasteiger partial charge >= 0.3 is 0 Å². The number of phenolic OH excluding ortho intramolecular Hbond substituents is 1. The molecule has 0 unspecified atom stereocenters. The van der Waals surface area contributed by atoms with E-state index in [1.165, 1.54) is 0 Å². The van der Waals surface area contributed by atoms with Gasteiger partial charge in [-0.1, -0.05) is 0 Å². The molecule has 0 aliphatic heterocycles. The third kappa shape index (κ3) is 2.35. The summed E-state index contributed by atoms with van der Waals surface area (Å²) < 4.78 is -0.0501. The Morgan fingerprint density at radius 3 is 2.75 bits per heavy atom. The molecule has 0 aliphatic carbocycles. The van der Waals surface area contributed by atoms with Crippen LogP contribution >= 0.6 is 0 Å². The Balaban J connectivity index is 2.28. The summed E-state index contributed by atoms with van der Waals surface area (Å²) in [5.41, 5.74) is 2.13. The van der Waals surface area contributed by atoms with Gasteiger partial charge in [0.15, 0.2) is 0 Å². The molecule has 0 atom stereocenters. The third-order valence-electron chi connectivity index (χ3n) is 2.68. The number of hydroxylamine groups is 3. The first-order valence-corrected chi connectivity index (χ1v) is 5.30. The quantitative estimate of drug-likeness (QED) is 0.547. The number of H-pyrrole nitrogens is 1. The van der Waals surface area contributed by atoms with E-state index in [4.69, 9.17) is 0 Å². The average molecular weight is 221 g/mol. The van der Waals surface area contributed by atoms with Gasteiger partial charge in [-0.15, -0.1) is 0 Å². The molecular formula is C12H17N2O2+. The Kier molecular flexibility index (Phi) is 2.61. The Labute approximate surface area is 94.3 Å². The fourth-order valence-corrected chi connectivity index (χ4v) is 1.77. The van der Waals surface area contributed by atoms with E-state index in [0.29, 0.717) is 6.54 Å². The Hall–Kier alpha value is -1.52. The number of hydrogen-bond acceptors (Lipinski definition) is 2. The molecule has 0 aliphatic rings. The third-order valence-corrected chi connectivity index (χ3v) is 2.68. The lowest BCUT2D eigenvalue weighted by Gasteiger charge is -2.18. The van der Waals surface area contributed by atoms with Crippen LogP contribution in [0.25, 0.3) is 10.9 Å². The molecule has 86 valence electrons. The molecule has 1 heterocycles. The number of rotatable bonds is 3. The van der Waals surface area contributed by atoms with Crippen LogP contribution in [-0.4, -0.2) is 40.6 Å². The highest BCUT2D eigenvalue weighted by atomic mass is 16.5. The number of nitrogens with zero attached hydrogens (tertiary/aromatic N) is 1. The first-order valence-electron chi connectivity index (χ1n) is 5.30. The molecule has 0 bridgehead atoms. The van der Waals surface area contributed by atoms with Crippen molar-refractivity contribution >= 4 is 10.9 Å². The maximum Gasteiger partial charge on any atom is 0.116 e. The van der Waals surface area contributed by atoms with Crippen molar-refractivity contribution in [3.8, 4) is 5.75 Å². The largest absolute Gasteiger partial charge is 0.508 e. The number of hydrogen-bond donors (Lipinski definition) is 3. The number of fused-ring (bicyclic) bond motifs is 1. The van der Waals surface area contributed by atoms with Gasteiger partial charge in [0.05, 0.1) is 14.1 Å². The normalized spacial score (nSPS) is 12.2. The fraction of sp³-hybridized carbons (Fsp3) is 0.333. The van der Waals surface area contributed by atoms with Crippen LogP contribution < -0.4 is 0 Å². The molecule has 2 aromatic rings. The molecule has 4 nitrogen and oxygen atoms in total. The molecule has 0 amide bonds. The predicted molar refractivity (Wildman–Crippen MR) is 62.4 cm³/mol. The highest BCUT2D eigenvalue weighted by Gasteiger charge is 2.12. The zero-order chi connectivity index (χ0) is 11.8. The van der Waals surface area contributed by atoms with Gasteiger partial charge in [0.2, 0.25) is 0 Å². The second-order valence-electron chi connectivity index (χ2n) is 4.64. The molecule has 1 aromatic carbocycles. The van der Waals surface area contributed by atoms with Gasteiger partial charge in [0.25, 0.3) is 0 Å². The molecule has 3 N–H and O–H groups in total. The van der Waals surface area contributed by atoms with Crippen molar-refractivity contribution in [3.63, 3.8) is 0 Å². The topological polar surface area (TPSA) is 56.2 Å². The average Bonchev–Trinajstić information content (AvgIpc) is 2.56. The lowest BCUT2D eigenvalue weighted by molar-refractivity contribution is -1.07. The van der Waals surface area contributed by atoms with E-state index >= 15 is 0 Å². The van der Waals surface area contributed by atoms with Crippen LogP contribution in [0.3, 0.4) is 0 Å². The SMILES string of the molecule is C[N+](C)(O)CCc1c[nH]c2ccc(O)cc12. The van der Waals surface area contributed by atoms with Gasteiger partial charge in [0.1, 0.15) is 12.3 Å². The van der Waals surface area contributed by atoms with Crippen LogP contribution in [-0.2, 0) is 6.42 Å². The van der Waals surface area contributed by atoms with Crippen LogP contribution in [0.5, 0.6) is 5.75 Å². The lowest BCUT2D eigenvalue weighted by atomic mass is 10.1. The van der Waals surface area contributed by atoms with Crippen LogP contribution in [0.15, 0.2) is 24.4 Å². The number of phenols is 1. The smallest absolute Gasteiger partial charge is 0.116 e. The van der Waals surface area contributed by atoms with Crippen molar-refractivity contribution in [1.82, 2.24) is 4.98 Å². The predicted octanol–water partition coefficient (Wildman–Crippen LogP) is 1.88. The fourth-order valence-electron chi connectivity index (χ4n) is 1.77. The molecule has 0 spiro atoms. The number of aromatic nitrogens is 1. The van der Waals surface area contributed by atoms with Crippen molar-refractivity contribution in [2.75, 3.05) is 20.6 Å². The van der Waals surface area contributed by atoms with Gasteiger partial charge in [-0.25, -0.2) is 5.21 Å². The number of nitrogens with one attached hydrogen (secondary N) is 1. The van der Waals surface area contributed by atoms with E-state index < -0.39 is 0 Å². The van der Waals surface area contributed by atoms with Crippen molar-refractivity contribution in [1.29, 1.82) is 0 Å². The number of benzene rings is 1. The maximum absolute atomic E-state index is 9.62. The van der Waals surface area contributed by atoms with Gasteiger partial charge in [0, 0.05) is 23.5 Å². The van der Waals surface area contributed by atoms with Crippen molar-refractivity contribution in [2.24, 2.45) is 0 Å². The molecule has 4 heteroatoms. The van der Waals surface area contributed by atoms with E-state index in [1.54, 1.807) is 26.2 Å². The van der Waals surface area contributed by atoms with Crippen LogP contribution in [0, 0.1) is 0 Å². The number of quaternary nitrogens is 1. The zero-order valence-corrected chi connectivity index (χ0v) is 9.57. The minimum Gasteiger partial charge on any atom is -0.508 e. The first-order chi connectivity index (χ1) is 7.46. The monoisotopic (exact) mass is 221 g/mol. The van der Waals surface area contributed by atoms with Gasteiger partial charge in [-0.3, -0.25) is 0 Å². The summed E-state index contributed by atoms with van der Waals surface area (Å²) in [6.45, 7) is 0.641. The molecular weight excluding hydrogens is 204 g/mol. The van der Waals surface area contributed by atoms with Crippen LogP contribution in [0.2, 0.25) is 0 Å². The summed E-state index contributed by atoms with van der Waals surface area (Å²) in [7, 11) is 3.48. The van der Waals surface area contributed by atoms with Gasteiger partial charge in [-0.2, -0.15) is 4.65 Å². The number of aromatic hydroxyl groups is 1. The maximum atomic E-state index is 9.62. The standard InChI is InChI=1S/C12H16N2O2/c1-14(2,16)6-5-9-8-13-12-4-3-10(15)7-11(9)12/h3-4,7-8,13,16H,5-6H2,1-2H3/p+1. The van der Waals surface area contributed by atoms with E-state index in [1.807, 2.05) is 12.3 Å². The number of likely N-dealkylation sites (N-methyl/N-ethyl adjacent to an activating group) is 1. The molecule has 0 fully saturated rings. The second-order valence-corrected chi connectivity index (χ2v) is 4.64. The highest BCUT2D eigenvalue weighted by molar-refractivity contribution is 5.84. The second kappa shape index (κ2) is 3.81. The van der Waals surface area contributed by atoms with Gasteiger partial charge < -0.3 is 10.1 Å². The molecule has 0 saturated carbocycles. The highest BCUT2D eigenvalue weighted by Crippen LogP contribution is 2.23. The van der Waals surface area contributed by atoms with Crippen molar-refractivity contribution < 1.29 is 15.0 Å². The summed E-state index contributed by atoms with van der Waals surface area (Å²) in [4.78, 5) is 3.15. The van der Waals surface area contributed by atoms with E-state index in [2.05, 4.69) is 4.98 Å². The summed E-state index contributed by atoms with van der Waals surface area (Å²) in [6, 6.07) is 5.26.